The minimum Gasteiger partial charge on any atom is -0.497 e. The maximum atomic E-state index is 13.7. The number of methoxy groups -OCH3 is 2. The summed E-state index contributed by atoms with van der Waals surface area (Å²) in [5.41, 5.74) is -2.07. The first-order chi connectivity index (χ1) is 16.0. The van der Waals surface area contributed by atoms with Crippen molar-refractivity contribution in [2.24, 2.45) is 5.92 Å². The van der Waals surface area contributed by atoms with Crippen LogP contribution in [0.25, 0.3) is 0 Å². The van der Waals surface area contributed by atoms with Gasteiger partial charge in [-0.05, 0) is 23.6 Å². The van der Waals surface area contributed by atoms with Crippen LogP contribution in [0.2, 0.25) is 0 Å². The fourth-order valence-corrected chi connectivity index (χ4v) is 3.74. The highest BCUT2D eigenvalue weighted by Crippen LogP contribution is 2.32. The third kappa shape index (κ3) is 5.88. The monoisotopic (exact) mass is 483 g/mol. The number of rotatable bonds is 8. The van der Waals surface area contributed by atoms with E-state index in [9.17, 15) is 22.8 Å². The van der Waals surface area contributed by atoms with Crippen molar-refractivity contribution in [2.45, 2.75) is 45.1 Å². The number of nitrogens with zero attached hydrogens (tertiary/aromatic N) is 3. The first kappa shape index (κ1) is 25.5. The first-order valence-corrected chi connectivity index (χ1v) is 10.8. The van der Waals surface area contributed by atoms with Crippen LogP contribution >= 0.6 is 0 Å². The van der Waals surface area contributed by atoms with E-state index < -0.39 is 35.4 Å². The van der Waals surface area contributed by atoms with Crippen LogP contribution in [0.3, 0.4) is 0 Å². The molecule has 2 heterocycles. The Balaban J connectivity index is 2.01. The molecule has 0 radical (unpaired) electrons. The predicted molar refractivity (Wildman–Crippen MR) is 118 cm³/mol. The van der Waals surface area contributed by atoms with Crippen molar-refractivity contribution in [3.8, 4) is 5.75 Å². The number of alkyl halides is 3. The number of esters is 1. The van der Waals surface area contributed by atoms with Gasteiger partial charge in [-0.15, -0.1) is 0 Å². The van der Waals surface area contributed by atoms with Gasteiger partial charge >= 0.3 is 12.1 Å². The van der Waals surface area contributed by atoms with Gasteiger partial charge in [0, 0.05) is 25.6 Å². The average molecular weight is 483 g/mol. The molecule has 0 bridgehead atoms. The Morgan fingerprint density at radius 3 is 2.44 bits per heavy atom. The van der Waals surface area contributed by atoms with E-state index in [4.69, 9.17) is 14.2 Å². The predicted octanol–water partition coefficient (Wildman–Crippen LogP) is 3.11. The average Bonchev–Trinajstić information content (AvgIpc) is 3.22. The van der Waals surface area contributed by atoms with Crippen molar-refractivity contribution in [2.75, 3.05) is 32.3 Å². The number of halogens is 3. The minimum absolute atomic E-state index is 0.136. The number of hydrogen-bond donors (Lipinski definition) is 0. The number of carbonyl (C=O) groups is 1. The van der Waals surface area contributed by atoms with E-state index in [1.165, 1.54) is 19.1 Å². The number of anilines is 1. The van der Waals surface area contributed by atoms with E-state index >= 15 is 0 Å². The Bertz CT molecular complexity index is 1050. The molecule has 0 unspecified atom stereocenters. The standard InChI is InChI=1S/C23H28F3N3O5/c1-14(2)13-34-17-9-19(22(31)33-4)28(12-17)20-10-18(23(24,25)26)21(30)29(27-20)11-15-5-7-16(32-3)8-6-15/h5-8,10,14,17,19H,9,11-13H2,1-4H3/t17-,19-/m0/s1. The van der Waals surface area contributed by atoms with E-state index in [0.717, 1.165) is 4.68 Å². The van der Waals surface area contributed by atoms with E-state index in [1.54, 1.807) is 24.3 Å². The Morgan fingerprint density at radius 1 is 1.21 bits per heavy atom. The highest BCUT2D eigenvalue weighted by Gasteiger charge is 2.42. The lowest BCUT2D eigenvalue weighted by atomic mass is 10.2. The molecule has 3 rings (SSSR count). The zero-order valence-corrected chi connectivity index (χ0v) is 19.5. The number of ether oxygens (including phenoxy) is 3. The third-order valence-corrected chi connectivity index (χ3v) is 5.45. The quantitative estimate of drug-likeness (QED) is 0.534. The van der Waals surface area contributed by atoms with Gasteiger partial charge in [0.1, 0.15) is 17.4 Å². The molecule has 186 valence electrons. The lowest BCUT2D eigenvalue weighted by molar-refractivity contribution is -0.142. The van der Waals surface area contributed by atoms with Gasteiger partial charge in [0.25, 0.3) is 5.56 Å². The molecule has 34 heavy (non-hydrogen) atoms. The van der Waals surface area contributed by atoms with Crippen molar-refractivity contribution in [3.05, 3.63) is 51.8 Å². The second-order valence-corrected chi connectivity index (χ2v) is 8.50. The molecule has 0 spiro atoms. The van der Waals surface area contributed by atoms with Gasteiger partial charge in [-0.1, -0.05) is 26.0 Å². The SMILES string of the molecule is COC(=O)[C@@H]1C[C@H](OCC(C)C)CN1c1cc(C(F)(F)F)c(=O)n(Cc2ccc(OC)cc2)n1. The Labute approximate surface area is 195 Å². The molecule has 1 fully saturated rings. The second-order valence-electron chi connectivity index (χ2n) is 8.50. The molecule has 11 heteroatoms. The summed E-state index contributed by atoms with van der Waals surface area (Å²) in [5.74, 6) is 0.0524. The van der Waals surface area contributed by atoms with E-state index in [1.807, 2.05) is 13.8 Å². The van der Waals surface area contributed by atoms with Crippen LogP contribution in [-0.2, 0) is 27.0 Å². The highest BCUT2D eigenvalue weighted by molar-refractivity contribution is 5.80. The normalized spacial score (nSPS) is 18.4. The molecule has 1 aliphatic rings. The lowest BCUT2D eigenvalue weighted by Crippen LogP contribution is -2.40. The van der Waals surface area contributed by atoms with Gasteiger partial charge in [0.2, 0.25) is 0 Å². The van der Waals surface area contributed by atoms with Gasteiger partial charge in [-0.3, -0.25) is 4.79 Å². The van der Waals surface area contributed by atoms with Crippen molar-refractivity contribution < 1.29 is 32.2 Å². The smallest absolute Gasteiger partial charge is 0.421 e. The summed E-state index contributed by atoms with van der Waals surface area (Å²) in [7, 11) is 2.70. The van der Waals surface area contributed by atoms with Crippen molar-refractivity contribution >= 4 is 11.8 Å². The molecular formula is C23H28F3N3O5. The van der Waals surface area contributed by atoms with Crippen LogP contribution in [0.1, 0.15) is 31.4 Å². The molecule has 0 aliphatic carbocycles. The zero-order valence-electron chi connectivity index (χ0n) is 19.5. The summed E-state index contributed by atoms with van der Waals surface area (Å²) in [5, 5.41) is 4.20. The van der Waals surface area contributed by atoms with Crippen molar-refractivity contribution in [1.29, 1.82) is 0 Å². The summed E-state index contributed by atoms with van der Waals surface area (Å²) in [4.78, 5) is 26.5. The van der Waals surface area contributed by atoms with Gasteiger partial charge in [-0.25, -0.2) is 9.48 Å². The highest BCUT2D eigenvalue weighted by atomic mass is 19.4. The summed E-state index contributed by atoms with van der Waals surface area (Å²) in [6, 6.07) is 6.35. The third-order valence-electron chi connectivity index (χ3n) is 5.45. The zero-order chi connectivity index (χ0) is 25.0. The van der Waals surface area contributed by atoms with Crippen molar-refractivity contribution in [1.82, 2.24) is 9.78 Å². The summed E-state index contributed by atoms with van der Waals surface area (Å²) >= 11 is 0. The molecule has 0 amide bonds. The number of aromatic nitrogens is 2. The van der Waals surface area contributed by atoms with Crippen molar-refractivity contribution in [3.63, 3.8) is 0 Å². The molecule has 1 saturated heterocycles. The van der Waals surface area contributed by atoms with Crippen LogP contribution in [0.5, 0.6) is 5.75 Å². The van der Waals surface area contributed by atoms with Gasteiger partial charge in [0.15, 0.2) is 5.82 Å². The molecule has 0 N–H and O–H groups in total. The summed E-state index contributed by atoms with van der Waals surface area (Å²) in [6.07, 6.45) is -5.06. The fraction of sp³-hybridized carbons (Fsp3) is 0.522. The minimum atomic E-state index is -4.90. The van der Waals surface area contributed by atoms with Crippen LogP contribution in [0.15, 0.2) is 35.1 Å². The molecule has 1 aromatic heterocycles. The maximum absolute atomic E-state index is 13.7. The molecule has 2 atom stereocenters. The lowest BCUT2D eigenvalue weighted by Gasteiger charge is -2.25. The molecular weight excluding hydrogens is 455 g/mol. The topological polar surface area (TPSA) is 82.9 Å². The Hall–Kier alpha value is -3.08. The molecule has 8 nitrogen and oxygen atoms in total. The molecule has 0 saturated carbocycles. The summed E-state index contributed by atoms with van der Waals surface area (Å²) in [6.45, 7) is 4.32. The van der Waals surface area contributed by atoms with Gasteiger partial charge in [-0.2, -0.15) is 18.3 Å². The Morgan fingerprint density at radius 2 is 1.88 bits per heavy atom. The number of benzene rings is 1. The van der Waals surface area contributed by atoms with Crippen LogP contribution in [0.4, 0.5) is 19.0 Å². The van der Waals surface area contributed by atoms with E-state index in [0.29, 0.717) is 24.0 Å². The molecule has 2 aromatic rings. The first-order valence-electron chi connectivity index (χ1n) is 10.8. The summed E-state index contributed by atoms with van der Waals surface area (Å²) < 4.78 is 57.8. The molecule has 1 aromatic carbocycles. The van der Waals surface area contributed by atoms with Crippen LogP contribution in [0, 0.1) is 5.92 Å². The largest absolute Gasteiger partial charge is 0.497 e. The fourth-order valence-electron chi connectivity index (χ4n) is 3.74. The maximum Gasteiger partial charge on any atom is 0.421 e. The van der Waals surface area contributed by atoms with E-state index in [2.05, 4.69) is 5.10 Å². The van der Waals surface area contributed by atoms with Gasteiger partial charge < -0.3 is 19.1 Å². The second kappa shape index (κ2) is 10.5. The molecule has 1 aliphatic heterocycles. The Kier molecular flexibility index (Phi) is 7.86. The van der Waals surface area contributed by atoms with E-state index in [-0.39, 0.29) is 31.2 Å². The van der Waals surface area contributed by atoms with Gasteiger partial charge in [0.05, 0.1) is 26.9 Å². The van der Waals surface area contributed by atoms with Crippen LogP contribution < -0.4 is 15.2 Å². The van der Waals surface area contributed by atoms with Crippen LogP contribution in [-0.4, -0.2) is 55.3 Å². The number of hydrogen-bond acceptors (Lipinski definition) is 7. The number of carbonyl (C=O) groups excluding carboxylic acids is 1.